The molecule has 14 nitrogen and oxygen atoms in total. The Morgan fingerprint density at radius 1 is 0.667 bits per heavy atom. The molecule has 0 unspecified atom stereocenters. The molecule has 48 heavy (non-hydrogen) atoms. The van der Waals surface area contributed by atoms with Gasteiger partial charge in [-0.1, -0.05) is 48.5 Å². The van der Waals surface area contributed by atoms with E-state index in [9.17, 15) is 33.9 Å². The molecule has 1 aliphatic carbocycles. The Kier molecular flexibility index (Phi) is 12.7. The lowest BCUT2D eigenvalue weighted by atomic mass is 9.98. The average molecular weight is 668 g/mol. The lowest BCUT2D eigenvalue weighted by Crippen LogP contribution is -2.57. The van der Waals surface area contributed by atoms with E-state index in [0.717, 1.165) is 22.3 Å². The van der Waals surface area contributed by atoms with Crippen molar-refractivity contribution < 1.29 is 43.3 Å². The standard InChI is InChI=1S/C34H45N5O9/c1-18(29(41)37-20(3)31(43)39-27(32(44)45)17-48-34(5,6)7)35-28(40)19(2)36-30(42)21(4)38-33(46)47-16-26-24-14-10-8-12-22(24)23-13-9-11-15-25(23)26/h8-15,18-21,26-27H,16-17H2,1-7H3,(H,35,40)(H,36,42)(H,37,41)(H,38,46)(H,39,43)(H,44,45)/t18-,19-,20-,21-,27-/m0/s1. The van der Waals surface area contributed by atoms with E-state index in [4.69, 9.17) is 9.47 Å². The van der Waals surface area contributed by atoms with Crippen molar-refractivity contribution in [2.75, 3.05) is 13.2 Å². The first kappa shape index (κ1) is 37.5. The lowest BCUT2D eigenvalue weighted by molar-refractivity contribution is -0.145. The van der Waals surface area contributed by atoms with E-state index in [1.54, 1.807) is 20.8 Å². The number of benzene rings is 2. The Labute approximate surface area is 279 Å². The highest BCUT2D eigenvalue weighted by Crippen LogP contribution is 2.44. The van der Waals surface area contributed by atoms with E-state index in [1.165, 1.54) is 27.7 Å². The van der Waals surface area contributed by atoms with Crippen molar-refractivity contribution >= 4 is 35.7 Å². The van der Waals surface area contributed by atoms with Crippen LogP contribution in [0.3, 0.4) is 0 Å². The van der Waals surface area contributed by atoms with Gasteiger partial charge in [-0.2, -0.15) is 0 Å². The van der Waals surface area contributed by atoms with Gasteiger partial charge in [-0.3, -0.25) is 19.2 Å². The average Bonchev–Trinajstić information content (AvgIpc) is 3.34. The van der Waals surface area contributed by atoms with Crippen LogP contribution in [0.5, 0.6) is 0 Å². The van der Waals surface area contributed by atoms with Gasteiger partial charge in [0.15, 0.2) is 6.04 Å². The van der Waals surface area contributed by atoms with Crippen molar-refractivity contribution in [1.29, 1.82) is 0 Å². The molecule has 3 rings (SSSR count). The van der Waals surface area contributed by atoms with Gasteiger partial charge in [0, 0.05) is 5.92 Å². The zero-order valence-corrected chi connectivity index (χ0v) is 28.2. The van der Waals surface area contributed by atoms with Gasteiger partial charge in [-0.05, 0) is 70.7 Å². The second-order valence-electron chi connectivity index (χ2n) is 12.7. The van der Waals surface area contributed by atoms with Crippen LogP contribution in [-0.2, 0) is 33.4 Å². The highest BCUT2D eigenvalue weighted by Gasteiger charge is 2.31. The quantitative estimate of drug-likeness (QED) is 0.174. The molecule has 0 saturated heterocycles. The molecule has 0 aromatic heterocycles. The van der Waals surface area contributed by atoms with E-state index < -0.39 is 71.5 Å². The number of rotatable bonds is 14. The van der Waals surface area contributed by atoms with Gasteiger partial charge in [0.1, 0.15) is 30.8 Å². The molecule has 0 heterocycles. The van der Waals surface area contributed by atoms with Crippen LogP contribution in [-0.4, -0.2) is 89.8 Å². The summed E-state index contributed by atoms with van der Waals surface area (Å²) in [5.74, 6) is -4.27. The van der Waals surface area contributed by atoms with Crippen LogP contribution in [0.2, 0.25) is 0 Å². The lowest BCUT2D eigenvalue weighted by Gasteiger charge is -2.24. The first-order valence-electron chi connectivity index (χ1n) is 15.7. The van der Waals surface area contributed by atoms with Crippen molar-refractivity contribution in [2.45, 2.75) is 90.2 Å². The molecule has 0 bridgehead atoms. The number of fused-ring (bicyclic) bond motifs is 3. The fourth-order valence-electron chi connectivity index (χ4n) is 4.90. The van der Waals surface area contributed by atoms with Crippen molar-refractivity contribution in [3.8, 4) is 11.1 Å². The van der Waals surface area contributed by atoms with Crippen LogP contribution in [0.15, 0.2) is 48.5 Å². The fourth-order valence-corrected chi connectivity index (χ4v) is 4.90. The number of carbonyl (C=O) groups excluding carboxylic acids is 5. The predicted octanol–water partition coefficient (Wildman–Crippen LogP) is 1.81. The molecule has 0 spiro atoms. The Morgan fingerprint density at radius 3 is 1.48 bits per heavy atom. The number of amides is 5. The van der Waals surface area contributed by atoms with Crippen LogP contribution in [0.25, 0.3) is 11.1 Å². The number of carboxylic acids is 1. The second-order valence-corrected chi connectivity index (χ2v) is 12.7. The minimum atomic E-state index is -1.33. The molecular weight excluding hydrogens is 622 g/mol. The molecular formula is C34H45N5O9. The van der Waals surface area contributed by atoms with Crippen LogP contribution in [0.1, 0.15) is 65.5 Å². The van der Waals surface area contributed by atoms with Gasteiger partial charge in [0.2, 0.25) is 23.6 Å². The summed E-state index contributed by atoms with van der Waals surface area (Å²) in [6.45, 7) is 10.6. The summed E-state index contributed by atoms with van der Waals surface area (Å²) in [6.07, 6.45) is -0.795. The van der Waals surface area contributed by atoms with E-state index in [2.05, 4.69) is 26.6 Å². The summed E-state index contributed by atoms with van der Waals surface area (Å²) in [7, 11) is 0. The third-order valence-electron chi connectivity index (χ3n) is 7.63. The molecule has 14 heteroatoms. The number of alkyl carbamates (subject to hydrolysis) is 1. The van der Waals surface area contributed by atoms with Crippen LogP contribution >= 0.6 is 0 Å². The van der Waals surface area contributed by atoms with Gasteiger partial charge >= 0.3 is 12.1 Å². The summed E-state index contributed by atoms with van der Waals surface area (Å²) in [5.41, 5.74) is 3.64. The number of carboxylic acid groups (broad SMARTS) is 1. The third-order valence-corrected chi connectivity index (χ3v) is 7.63. The number of hydrogen-bond donors (Lipinski definition) is 6. The van der Waals surface area contributed by atoms with Gasteiger partial charge in [0.05, 0.1) is 12.2 Å². The van der Waals surface area contributed by atoms with Crippen LogP contribution < -0.4 is 26.6 Å². The zero-order valence-electron chi connectivity index (χ0n) is 28.2. The molecule has 5 atom stereocenters. The third kappa shape index (κ3) is 10.3. The Bertz CT molecular complexity index is 1480. The van der Waals surface area contributed by atoms with Crippen molar-refractivity contribution in [3.63, 3.8) is 0 Å². The van der Waals surface area contributed by atoms with Crippen molar-refractivity contribution in [2.24, 2.45) is 0 Å². The smallest absolute Gasteiger partial charge is 0.407 e. The number of aliphatic carboxylic acids is 1. The minimum Gasteiger partial charge on any atom is -0.480 e. The van der Waals surface area contributed by atoms with Gasteiger partial charge in [-0.15, -0.1) is 0 Å². The Hall–Kier alpha value is -4.98. The highest BCUT2D eigenvalue weighted by molar-refractivity contribution is 5.95. The van der Waals surface area contributed by atoms with Gasteiger partial charge in [0.25, 0.3) is 0 Å². The molecule has 2 aromatic rings. The molecule has 0 aliphatic heterocycles. The largest absolute Gasteiger partial charge is 0.480 e. The van der Waals surface area contributed by atoms with Crippen LogP contribution in [0, 0.1) is 0 Å². The number of carbonyl (C=O) groups is 6. The first-order valence-corrected chi connectivity index (χ1v) is 15.7. The fraction of sp³-hybridized carbons (Fsp3) is 0.471. The SMILES string of the molecule is C[C@H](NC(=O)OCC1c2ccccc2-c2ccccc21)C(=O)N[C@@H](C)C(=O)N[C@@H](C)C(=O)N[C@@H](C)C(=O)N[C@@H](COC(C)(C)C)C(=O)O. The predicted molar refractivity (Wildman–Crippen MR) is 176 cm³/mol. The normalized spacial score (nSPS) is 15.3. The molecule has 260 valence electrons. The molecule has 0 fully saturated rings. The van der Waals surface area contributed by atoms with Crippen molar-refractivity contribution in [1.82, 2.24) is 26.6 Å². The summed E-state index contributed by atoms with van der Waals surface area (Å²) in [6, 6.07) is 10.1. The number of nitrogens with one attached hydrogen (secondary N) is 5. The topological polar surface area (TPSA) is 201 Å². The monoisotopic (exact) mass is 667 g/mol. The second kappa shape index (κ2) is 16.2. The molecule has 6 N–H and O–H groups in total. The summed E-state index contributed by atoms with van der Waals surface area (Å²) >= 11 is 0. The summed E-state index contributed by atoms with van der Waals surface area (Å²) in [4.78, 5) is 74.7. The van der Waals surface area contributed by atoms with E-state index in [1.807, 2.05) is 48.5 Å². The summed E-state index contributed by atoms with van der Waals surface area (Å²) < 4.78 is 10.9. The van der Waals surface area contributed by atoms with Crippen molar-refractivity contribution in [3.05, 3.63) is 59.7 Å². The van der Waals surface area contributed by atoms with E-state index in [0.29, 0.717) is 0 Å². The maximum atomic E-state index is 12.7. The Balaban J connectivity index is 1.43. The molecule has 2 aromatic carbocycles. The number of ether oxygens (including phenoxy) is 2. The zero-order chi connectivity index (χ0) is 35.8. The van der Waals surface area contributed by atoms with Crippen LogP contribution in [0.4, 0.5) is 4.79 Å². The number of hydrogen-bond acceptors (Lipinski definition) is 8. The molecule has 0 radical (unpaired) electrons. The van der Waals surface area contributed by atoms with E-state index >= 15 is 0 Å². The summed E-state index contributed by atoms with van der Waals surface area (Å²) in [5, 5.41) is 21.5. The highest BCUT2D eigenvalue weighted by atomic mass is 16.5. The first-order chi connectivity index (χ1) is 22.5. The van der Waals surface area contributed by atoms with E-state index in [-0.39, 0.29) is 19.1 Å². The van der Waals surface area contributed by atoms with Gasteiger partial charge in [-0.25, -0.2) is 9.59 Å². The molecule has 5 amide bonds. The Morgan fingerprint density at radius 2 is 1.06 bits per heavy atom. The molecule has 0 saturated carbocycles. The van der Waals surface area contributed by atoms with Gasteiger partial charge < -0.3 is 41.2 Å². The minimum absolute atomic E-state index is 0.0684. The maximum Gasteiger partial charge on any atom is 0.407 e. The molecule has 1 aliphatic rings. The maximum absolute atomic E-state index is 12.7.